The van der Waals surface area contributed by atoms with Crippen molar-refractivity contribution in [3.05, 3.63) is 88.9 Å². The Hall–Kier alpha value is -4.44. The van der Waals surface area contributed by atoms with Gasteiger partial charge in [-0.2, -0.15) is 0 Å². The predicted octanol–water partition coefficient (Wildman–Crippen LogP) is 2.01. The highest BCUT2D eigenvalue weighted by Gasteiger charge is 2.23. The van der Waals surface area contributed by atoms with Gasteiger partial charge in [0.15, 0.2) is 0 Å². The molecule has 0 atom stereocenters. The maximum absolute atomic E-state index is 12.9. The Bertz CT molecular complexity index is 1230. The van der Waals surface area contributed by atoms with E-state index in [-0.39, 0.29) is 41.2 Å². The molecule has 3 aromatic rings. The average Bonchev–Trinajstić information content (AvgIpc) is 3.50. The number of anilines is 1. The van der Waals surface area contributed by atoms with Crippen LogP contribution in [0, 0.1) is 0 Å². The van der Waals surface area contributed by atoms with Crippen molar-refractivity contribution in [3.8, 4) is 0 Å². The third kappa shape index (κ3) is 6.80. The van der Waals surface area contributed by atoms with Gasteiger partial charge < -0.3 is 26.5 Å². The maximum atomic E-state index is 12.9. The number of amides is 4. The van der Waals surface area contributed by atoms with Gasteiger partial charge in [-0.05, 0) is 60.9 Å². The van der Waals surface area contributed by atoms with Crippen molar-refractivity contribution in [1.82, 2.24) is 10.2 Å². The molecule has 1 heterocycles. The Kier molecular flexibility index (Phi) is 7.45. The lowest BCUT2D eigenvalue weighted by molar-refractivity contribution is -0.117. The number of nitrogens with one attached hydrogen (secondary N) is 2. The molecule has 1 aliphatic carbocycles. The van der Waals surface area contributed by atoms with E-state index in [2.05, 4.69) is 10.6 Å². The van der Waals surface area contributed by atoms with Crippen LogP contribution in [-0.2, 0) is 17.9 Å². The highest BCUT2D eigenvalue weighted by molar-refractivity contribution is 6.02. The number of carbonyl (C=O) groups excluding carboxylic acids is 4. The lowest BCUT2D eigenvalue weighted by Crippen LogP contribution is -2.32. The normalized spacial score (nSPS) is 12.8. The van der Waals surface area contributed by atoms with Gasteiger partial charge >= 0.3 is 0 Å². The maximum Gasteiger partial charge on any atom is 0.251 e. The van der Waals surface area contributed by atoms with Crippen LogP contribution in [-0.4, -0.2) is 41.1 Å². The van der Waals surface area contributed by atoms with Crippen molar-refractivity contribution in [2.45, 2.75) is 32.0 Å². The first-order chi connectivity index (χ1) is 17.3. The van der Waals surface area contributed by atoms with E-state index in [1.54, 1.807) is 24.5 Å². The molecule has 186 valence electrons. The van der Waals surface area contributed by atoms with Crippen LogP contribution in [0.1, 0.15) is 55.2 Å². The second-order valence-electron chi connectivity index (χ2n) is 8.74. The number of rotatable bonds is 11. The van der Waals surface area contributed by atoms with E-state index >= 15 is 0 Å². The summed E-state index contributed by atoms with van der Waals surface area (Å²) in [6, 6.07) is 15.1. The van der Waals surface area contributed by atoms with Crippen molar-refractivity contribution >= 4 is 29.3 Å². The first-order valence-corrected chi connectivity index (χ1v) is 11.5. The summed E-state index contributed by atoms with van der Waals surface area (Å²) in [5, 5.41) is 5.66. The van der Waals surface area contributed by atoms with Gasteiger partial charge in [-0.25, -0.2) is 0 Å². The van der Waals surface area contributed by atoms with Crippen molar-refractivity contribution < 1.29 is 23.6 Å². The molecular weight excluding hydrogens is 462 g/mol. The summed E-state index contributed by atoms with van der Waals surface area (Å²) in [4.78, 5) is 50.2. The number of nitrogens with two attached hydrogens (primary N) is 2. The number of furan rings is 1. The van der Waals surface area contributed by atoms with Crippen LogP contribution >= 0.6 is 0 Å². The van der Waals surface area contributed by atoms with Crippen LogP contribution in [0.2, 0.25) is 0 Å². The molecule has 0 unspecified atom stereocenters. The Balaban J connectivity index is 1.45. The fourth-order valence-corrected chi connectivity index (χ4v) is 3.69. The van der Waals surface area contributed by atoms with Gasteiger partial charge in [-0.3, -0.25) is 24.1 Å². The third-order valence-corrected chi connectivity index (χ3v) is 5.65. The van der Waals surface area contributed by atoms with Crippen molar-refractivity contribution in [1.29, 1.82) is 0 Å². The topological polar surface area (TPSA) is 161 Å². The Morgan fingerprint density at radius 3 is 2.11 bits per heavy atom. The minimum Gasteiger partial charge on any atom is -0.468 e. The Labute approximate surface area is 207 Å². The number of primary amides is 2. The zero-order chi connectivity index (χ0) is 25.7. The van der Waals surface area contributed by atoms with Gasteiger partial charge in [0.05, 0.1) is 19.4 Å². The van der Waals surface area contributed by atoms with Crippen LogP contribution in [0.3, 0.4) is 0 Å². The summed E-state index contributed by atoms with van der Waals surface area (Å²) >= 11 is 0. The lowest BCUT2D eigenvalue weighted by Gasteiger charge is -2.21. The first-order valence-electron chi connectivity index (χ1n) is 11.5. The average molecular weight is 490 g/mol. The van der Waals surface area contributed by atoms with Crippen LogP contribution < -0.4 is 22.1 Å². The predicted molar refractivity (Wildman–Crippen MR) is 132 cm³/mol. The standard InChI is InChI=1S/C26H27N5O5/c27-24(33)18-10-19(25(28)34)12-21(11-18)29-23(32)15-31(14-22-2-1-9-36-22)13-16-3-5-17(6-4-16)26(35)30-20-7-8-20/h1-6,9-12,20H,7-8,13-15H2,(H2,27,33)(H2,28,34)(H,29,32)(H,30,35). The number of carbonyl (C=O) groups is 4. The number of hydrogen-bond acceptors (Lipinski definition) is 6. The molecule has 1 fully saturated rings. The highest BCUT2D eigenvalue weighted by Crippen LogP contribution is 2.20. The first kappa shape index (κ1) is 24.7. The fraction of sp³-hybridized carbons (Fsp3) is 0.231. The highest BCUT2D eigenvalue weighted by atomic mass is 16.3. The molecule has 1 aromatic heterocycles. The summed E-state index contributed by atoms with van der Waals surface area (Å²) in [7, 11) is 0. The molecule has 0 radical (unpaired) electrons. The zero-order valence-corrected chi connectivity index (χ0v) is 19.5. The van der Waals surface area contributed by atoms with E-state index in [1.807, 2.05) is 23.1 Å². The molecule has 6 N–H and O–H groups in total. The van der Waals surface area contributed by atoms with Gasteiger partial charge in [0, 0.05) is 35.0 Å². The smallest absolute Gasteiger partial charge is 0.251 e. The van der Waals surface area contributed by atoms with Crippen molar-refractivity contribution in [3.63, 3.8) is 0 Å². The molecular formula is C26H27N5O5. The molecule has 1 aliphatic rings. The molecule has 4 rings (SSSR count). The van der Waals surface area contributed by atoms with Gasteiger partial charge in [0.25, 0.3) is 5.91 Å². The summed E-state index contributed by atoms with van der Waals surface area (Å²) in [6.07, 6.45) is 3.59. The molecule has 4 amide bonds. The van der Waals surface area contributed by atoms with Crippen LogP contribution in [0.15, 0.2) is 65.3 Å². The molecule has 36 heavy (non-hydrogen) atoms. The molecule has 0 bridgehead atoms. The number of benzene rings is 2. The van der Waals surface area contributed by atoms with Crippen molar-refractivity contribution in [2.24, 2.45) is 11.5 Å². The minimum absolute atomic E-state index is 0.0165. The summed E-state index contributed by atoms with van der Waals surface area (Å²) in [6.45, 7) is 0.752. The molecule has 2 aromatic carbocycles. The van der Waals surface area contributed by atoms with E-state index in [9.17, 15) is 19.2 Å². The second-order valence-corrected chi connectivity index (χ2v) is 8.74. The van der Waals surface area contributed by atoms with Crippen LogP contribution in [0.4, 0.5) is 5.69 Å². The largest absolute Gasteiger partial charge is 0.468 e. The summed E-state index contributed by atoms with van der Waals surface area (Å²) in [5.41, 5.74) is 12.5. The lowest BCUT2D eigenvalue weighted by atomic mass is 10.1. The van der Waals surface area contributed by atoms with E-state index in [4.69, 9.17) is 15.9 Å². The summed E-state index contributed by atoms with van der Waals surface area (Å²) < 4.78 is 5.45. The van der Waals surface area contributed by atoms with Crippen molar-refractivity contribution in [2.75, 3.05) is 11.9 Å². The molecule has 10 nitrogen and oxygen atoms in total. The number of hydrogen-bond donors (Lipinski definition) is 4. The third-order valence-electron chi connectivity index (χ3n) is 5.65. The van der Waals surface area contributed by atoms with Gasteiger partial charge in [-0.15, -0.1) is 0 Å². The SMILES string of the molecule is NC(=O)c1cc(NC(=O)CN(Cc2ccc(C(=O)NC3CC3)cc2)Cc2ccco2)cc(C(N)=O)c1. The molecule has 0 aliphatic heterocycles. The monoisotopic (exact) mass is 489 g/mol. The van der Waals surface area contributed by atoms with E-state index in [0.717, 1.165) is 18.4 Å². The van der Waals surface area contributed by atoms with Gasteiger partial charge in [-0.1, -0.05) is 12.1 Å². The fourth-order valence-electron chi connectivity index (χ4n) is 3.69. The van der Waals surface area contributed by atoms with E-state index in [0.29, 0.717) is 24.4 Å². The Morgan fingerprint density at radius 2 is 1.56 bits per heavy atom. The number of nitrogens with zero attached hydrogens (tertiary/aromatic N) is 1. The van der Waals surface area contributed by atoms with E-state index in [1.165, 1.54) is 18.2 Å². The van der Waals surface area contributed by atoms with Gasteiger partial charge in [0.1, 0.15) is 5.76 Å². The molecule has 10 heteroatoms. The van der Waals surface area contributed by atoms with Crippen LogP contribution in [0.5, 0.6) is 0 Å². The Morgan fingerprint density at radius 1 is 0.889 bits per heavy atom. The molecule has 0 saturated heterocycles. The zero-order valence-electron chi connectivity index (χ0n) is 19.5. The quantitative estimate of drug-likeness (QED) is 0.322. The van der Waals surface area contributed by atoms with Gasteiger partial charge in [0.2, 0.25) is 17.7 Å². The molecule has 1 saturated carbocycles. The second kappa shape index (κ2) is 10.9. The van der Waals surface area contributed by atoms with E-state index < -0.39 is 11.8 Å². The van der Waals surface area contributed by atoms with Crippen LogP contribution in [0.25, 0.3) is 0 Å². The summed E-state index contributed by atoms with van der Waals surface area (Å²) in [5.74, 6) is -1.29. The molecule has 0 spiro atoms. The minimum atomic E-state index is -0.748.